The first-order valence-electron chi connectivity index (χ1n) is 9.85. The summed E-state index contributed by atoms with van der Waals surface area (Å²) < 4.78 is 1.95. The maximum absolute atomic E-state index is 4.66. The van der Waals surface area contributed by atoms with E-state index < -0.39 is 0 Å². The third-order valence-electron chi connectivity index (χ3n) is 5.63. The monoisotopic (exact) mass is 369 g/mol. The summed E-state index contributed by atoms with van der Waals surface area (Å²) in [5.41, 5.74) is 8.53. The number of aromatic nitrogens is 3. The third-order valence-corrected chi connectivity index (χ3v) is 5.63. The minimum absolute atomic E-state index is 0.163. The van der Waals surface area contributed by atoms with Crippen molar-refractivity contribution in [3.8, 4) is 11.3 Å². The molecule has 1 unspecified atom stereocenters. The second-order valence-corrected chi connectivity index (χ2v) is 8.58. The van der Waals surface area contributed by atoms with E-state index in [9.17, 15) is 0 Å². The van der Waals surface area contributed by atoms with Gasteiger partial charge in [-0.05, 0) is 40.7 Å². The molecule has 0 amide bonds. The van der Waals surface area contributed by atoms with Crippen LogP contribution in [0.5, 0.6) is 0 Å². The van der Waals surface area contributed by atoms with Crippen LogP contribution in [-0.4, -0.2) is 14.6 Å². The van der Waals surface area contributed by atoms with E-state index in [2.05, 4.69) is 99.3 Å². The van der Waals surface area contributed by atoms with Gasteiger partial charge in [-0.25, -0.2) is 9.50 Å². The molecule has 0 saturated carbocycles. The van der Waals surface area contributed by atoms with Crippen molar-refractivity contribution in [1.82, 2.24) is 14.6 Å². The molecular weight excluding hydrogens is 342 g/mol. The summed E-state index contributed by atoms with van der Waals surface area (Å²) in [6, 6.07) is 19.6. The van der Waals surface area contributed by atoms with Gasteiger partial charge in [-0.2, -0.15) is 5.10 Å². The molecule has 0 N–H and O–H groups in total. The van der Waals surface area contributed by atoms with E-state index in [1.165, 1.54) is 22.3 Å². The quantitative estimate of drug-likeness (QED) is 0.433. The highest BCUT2D eigenvalue weighted by Crippen LogP contribution is 2.34. The molecule has 0 aliphatic heterocycles. The van der Waals surface area contributed by atoms with Gasteiger partial charge in [0, 0.05) is 17.7 Å². The van der Waals surface area contributed by atoms with E-state index in [1.54, 1.807) is 6.33 Å². The molecule has 0 saturated heterocycles. The van der Waals surface area contributed by atoms with Gasteiger partial charge < -0.3 is 0 Å². The van der Waals surface area contributed by atoms with Crippen LogP contribution < -0.4 is 0 Å². The topological polar surface area (TPSA) is 30.2 Å². The normalized spacial score (nSPS) is 13.0. The smallest absolute Gasteiger partial charge is 0.137 e. The molecule has 0 aliphatic rings. The van der Waals surface area contributed by atoms with Gasteiger partial charge in [0.25, 0.3) is 0 Å². The Hall–Kier alpha value is -2.94. The fraction of sp³-hybridized carbons (Fsp3) is 0.280. The molecule has 28 heavy (non-hydrogen) atoms. The van der Waals surface area contributed by atoms with Gasteiger partial charge in [0.15, 0.2) is 0 Å². The Kier molecular flexibility index (Phi) is 4.54. The molecule has 2 aromatic carbocycles. The van der Waals surface area contributed by atoms with E-state index >= 15 is 0 Å². The zero-order valence-electron chi connectivity index (χ0n) is 17.3. The maximum atomic E-state index is 4.66. The first kappa shape index (κ1) is 18.4. The molecule has 3 nitrogen and oxygen atoms in total. The molecule has 3 heteroatoms. The predicted octanol–water partition coefficient (Wildman–Crippen LogP) is 6.15. The Bertz CT molecular complexity index is 1110. The lowest BCUT2D eigenvalue weighted by Crippen LogP contribution is -2.11. The molecular formula is C25H27N3. The molecule has 0 bridgehead atoms. The third kappa shape index (κ3) is 3.22. The van der Waals surface area contributed by atoms with E-state index in [0.29, 0.717) is 0 Å². The van der Waals surface area contributed by atoms with Crippen LogP contribution in [0.25, 0.3) is 16.8 Å². The van der Waals surface area contributed by atoms with E-state index in [0.717, 1.165) is 16.8 Å². The molecule has 0 aliphatic carbocycles. The number of hydrogen-bond acceptors (Lipinski definition) is 2. The number of aryl methyl sites for hydroxylation is 1. The molecule has 2 aromatic heterocycles. The first-order chi connectivity index (χ1) is 13.4. The lowest BCUT2D eigenvalue weighted by atomic mass is 9.85. The van der Waals surface area contributed by atoms with Crippen LogP contribution >= 0.6 is 0 Å². The average molecular weight is 370 g/mol. The van der Waals surface area contributed by atoms with Crippen LogP contribution in [0, 0.1) is 6.92 Å². The van der Waals surface area contributed by atoms with Crippen LogP contribution in [0.4, 0.5) is 0 Å². The molecule has 4 rings (SSSR count). The van der Waals surface area contributed by atoms with Crippen LogP contribution in [0.15, 0.2) is 67.1 Å². The summed E-state index contributed by atoms with van der Waals surface area (Å²) >= 11 is 0. The number of hydrogen-bond donors (Lipinski definition) is 0. The van der Waals surface area contributed by atoms with Crippen molar-refractivity contribution in [3.63, 3.8) is 0 Å². The number of benzene rings is 2. The summed E-state index contributed by atoms with van der Waals surface area (Å²) in [7, 11) is 0. The van der Waals surface area contributed by atoms with Gasteiger partial charge in [0.2, 0.25) is 0 Å². The SMILES string of the molecule is Cc1ccccc1-c1ncnn2ccc(C(C)c3ccc(C(C)(C)C)cc3)c12. The van der Waals surface area contributed by atoms with Gasteiger partial charge in [0.1, 0.15) is 6.33 Å². The van der Waals surface area contributed by atoms with E-state index in [1.807, 2.05) is 10.7 Å². The number of fused-ring (bicyclic) bond motifs is 1. The van der Waals surface area contributed by atoms with E-state index in [-0.39, 0.29) is 11.3 Å². The minimum Gasteiger partial charge on any atom is -0.237 e. The Morgan fingerprint density at radius 1 is 0.929 bits per heavy atom. The van der Waals surface area contributed by atoms with Crippen molar-refractivity contribution >= 4 is 5.52 Å². The molecule has 0 fully saturated rings. The highest BCUT2D eigenvalue weighted by molar-refractivity contribution is 5.81. The molecule has 4 aromatic rings. The van der Waals surface area contributed by atoms with Crippen LogP contribution in [0.2, 0.25) is 0 Å². The number of rotatable bonds is 3. The Morgan fingerprint density at radius 2 is 1.64 bits per heavy atom. The second-order valence-electron chi connectivity index (χ2n) is 8.58. The Labute approximate surface area is 167 Å². The maximum Gasteiger partial charge on any atom is 0.137 e. The summed E-state index contributed by atoms with van der Waals surface area (Å²) in [5, 5.41) is 4.45. The van der Waals surface area contributed by atoms with Crippen molar-refractivity contribution < 1.29 is 0 Å². The van der Waals surface area contributed by atoms with Gasteiger partial charge in [-0.15, -0.1) is 0 Å². The molecule has 0 radical (unpaired) electrons. The van der Waals surface area contributed by atoms with Crippen LogP contribution in [0.1, 0.15) is 55.9 Å². The summed E-state index contributed by atoms with van der Waals surface area (Å²) in [4.78, 5) is 4.66. The Morgan fingerprint density at radius 3 is 2.32 bits per heavy atom. The molecule has 1 atom stereocenters. The molecule has 142 valence electrons. The first-order valence-corrected chi connectivity index (χ1v) is 9.85. The second kappa shape index (κ2) is 6.90. The largest absolute Gasteiger partial charge is 0.237 e. The van der Waals surface area contributed by atoms with E-state index in [4.69, 9.17) is 0 Å². The van der Waals surface area contributed by atoms with Gasteiger partial charge in [-0.1, -0.05) is 76.2 Å². The van der Waals surface area contributed by atoms with Crippen molar-refractivity contribution in [2.24, 2.45) is 0 Å². The zero-order chi connectivity index (χ0) is 19.9. The van der Waals surface area contributed by atoms with Crippen LogP contribution in [-0.2, 0) is 5.41 Å². The van der Waals surface area contributed by atoms with Crippen molar-refractivity contribution in [1.29, 1.82) is 0 Å². The predicted molar refractivity (Wildman–Crippen MR) is 116 cm³/mol. The average Bonchev–Trinajstić information content (AvgIpc) is 3.12. The fourth-order valence-electron chi connectivity index (χ4n) is 3.81. The number of nitrogens with zero attached hydrogens (tertiary/aromatic N) is 3. The standard InChI is InChI=1S/C25H27N3/c1-17-8-6-7-9-21(17)23-24-22(14-15-28(24)27-16-26-23)18(2)19-10-12-20(13-11-19)25(3,4)5/h6-16,18H,1-5H3. The van der Waals surface area contributed by atoms with Crippen LogP contribution in [0.3, 0.4) is 0 Å². The molecule has 0 spiro atoms. The summed E-state index contributed by atoms with van der Waals surface area (Å²) in [6.07, 6.45) is 3.68. The highest BCUT2D eigenvalue weighted by atomic mass is 15.2. The lowest BCUT2D eigenvalue weighted by Gasteiger charge is -2.20. The summed E-state index contributed by atoms with van der Waals surface area (Å²) in [5.74, 6) is 0.257. The lowest BCUT2D eigenvalue weighted by molar-refractivity contribution is 0.590. The highest BCUT2D eigenvalue weighted by Gasteiger charge is 2.19. The van der Waals surface area contributed by atoms with Gasteiger partial charge >= 0.3 is 0 Å². The van der Waals surface area contributed by atoms with Gasteiger partial charge in [0.05, 0.1) is 11.2 Å². The minimum atomic E-state index is 0.163. The Balaban J connectivity index is 1.82. The summed E-state index contributed by atoms with van der Waals surface area (Å²) in [6.45, 7) is 11.1. The molecule has 2 heterocycles. The zero-order valence-corrected chi connectivity index (χ0v) is 17.3. The van der Waals surface area contributed by atoms with Crippen molar-refractivity contribution in [2.75, 3.05) is 0 Å². The fourth-order valence-corrected chi connectivity index (χ4v) is 3.81. The van der Waals surface area contributed by atoms with Crippen molar-refractivity contribution in [2.45, 2.75) is 46.0 Å². The van der Waals surface area contributed by atoms with Crippen molar-refractivity contribution in [3.05, 3.63) is 89.4 Å². The van der Waals surface area contributed by atoms with Gasteiger partial charge in [-0.3, -0.25) is 0 Å².